The Bertz CT molecular complexity index is 2370. The van der Waals surface area contributed by atoms with Crippen LogP contribution in [0.1, 0.15) is 31.1 Å². The predicted octanol–water partition coefficient (Wildman–Crippen LogP) is 8.86. The van der Waals surface area contributed by atoms with E-state index in [0.717, 1.165) is 21.2 Å². The molecule has 276 valence electrons. The molecule has 0 aliphatic carbocycles. The van der Waals surface area contributed by atoms with E-state index >= 15 is 0 Å². The molecule has 7 aromatic rings. The standard InChI is InChI=1S/C45H32BrN6O3.Ir/c1-50(43(53)33-17-20-40(47-27-33)30-11-6-4-7-12-30)37-24-38(51(2)44(54)34-18-21-41(48-28-34)31-13-8-5-9-14-31)26-39(25-37)52(3)45(55)35-19-22-42(49-29-35)32-15-10-16-36(46)23-32;/h4-11,13,16-29H,1-3H3;/q-3;+3. The largest absolute Gasteiger partial charge is 3.00 e. The van der Waals surface area contributed by atoms with E-state index < -0.39 is 0 Å². The van der Waals surface area contributed by atoms with Crippen LogP contribution in [0, 0.1) is 18.2 Å². The Morgan fingerprint density at radius 2 is 0.857 bits per heavy atom. The number of aromatic nitrogens is 3. The number of amides is 3. The first kappa shape index (κ1) is 39.6. The SMILES string of the molecule is CN(C(=O)c1ccc(-c2[c-]cccc2)nc1)c1cc(N(C)C(=O)c2ccc(-c3[c-]cccc3)nc2)cc(N(C)C(=O)c2ccc(-c3[c-]ccc(Br)c3)nc2)c1.[Ir+3]. The third-order valence-electron chi connectivity index (χ3n) is 9.00. The van der Waals surface area contributed by atoms with Crippen LogP contribution in [0.2, 0.25) is 0 Å². The summed E-state index contributed by atoms with van der Waals surface area (Å²) in [5, 5.41) is 0. The van der Waals surface area contributed by atoms with Crippen LogP contribution in [-0.2, 0) is 20.1 Å². The van der Waals surface area contributed by atoms with E-state index in [0.29, 0.717) is 50.8 Å². The van der Waals surface area contributed by atoms with Gasteiger partial charge in [0.25, 0.3) is 17.7 Å². The first-order chi connectivity index (χ1) is 26.7. The summed E-state index contributed by atoms with van der Waals surface area (Å²) in [4.78, 5) is 59.6. The number of carbonyl (C=O) groups is 3. The summed E-state index contributed by atoms with van der Waals surface area (Å²) in [6, 6.07) is 45.6. The van der Waals surface area contributed by atoms with Gasteiger partial charge in [0.1, 0.15) is 0 Å². The summed E-state index contributed by atoms with van der Waals surface area (Å²) >= 11 is 3.48. The predicted molar refractivity (Wildman–Crippen MR) is 218 cm³/mol. The van der Waals surface area contributed by atoms with E-state index in [-0.39, 0.29) is 37.8 Å². The van der Waals surface area contributed by atoms with Crippen LogP contribution in [0.15, 0.2) is 144 Å². The van der Waals surface area contributed by atoms with Crippen LogP contribution in [0.3, 0.4) is 0 Å². The Balaban J connectivity index is 0.00000532. The maximum atomic E-state index is 13.9. The number of anilines is 3. The second kappa shape index (κ2) is 17.6. The smallest absolute Gasteiger partial charge is 0.311 e. The molecule has 0 radical (unpaired) electrons. The number of benzene rings is 4. The molecule has 56 heavy (non-hydrogen) atoms. The summed E-state index contributed by atoms with van der Waals surface area (Å²) in [7, 11) is 4.91. The third-order valence-corrected chi connectivity index (χ3v) is 9.50. The van der Waals surface area contributed by atoms with E-state index in [1.165, 1.54) is 33.3 Å². The van der Waals surface area contributed by atoms with Crippen molar-refractivity contribution in [2.45, 2.75) is 0 Å². The molecule has 9 nitrogen and oxygen atoms in total. The number of nitrogens with zero attached hydrogens (tertiary/aromatic N) is 6. The van der Waals surface area contributed by atoms with Crippen molar-refractivity contribution in [3.8, 4) is 33.8 Å². The first-order valence-corrected chi connectivity index (χ1v) is 17.9. The fraction of sp³-hybridized carbons (Fsp3) is 0.0667. The molecule has 0 N–H and O–H groups in total. The van der Waals surface area contributed by atoms with E-state index in [1.54, 1.807) is 93.9 Å². The van der Waals surface area contributed by atoms with Gasteiger partial charge in [0.05, 0.1) is 16.7 Å². The molecule has 0 saturated carbocycles. The molecule has 4 aromatic carbocycles. The van der Waals surface area contributed by atoms with Crippen LogP contribution in [0.4, 0.5) is 17.1 Å². The molecule has 0 atom stereocenters. The summed E-state index contributed by atoms with van der Waals surface area (Å²) < 4.78 is 0.892. The number of hydrogen-bond donors (Lipinski definition) is 0. The van der Waals surface area contributed by atoms with Crippen molar-refractivity contribution in [2.75, 3.05) is 35.8 Å². The molecule has 7 rings (SSSR count). The van der Waals surface area contributed by atoms with Crippen molar-refractivity contribution in [2.24, 2.45) is 0 Å². The monoisotopic (exact) mass is 976 g/mol. The van der Waals surface area contributed by atoms with Crippen LogP contribution in [-0.4, -0.2) is 53.8 Å². The number of halogens is 1. The maximum absolute atomic E-state index is 13.9. The Labute approximate surface area is 347 Å². The average Bonchev–Trinajstić information content (AvgIpc) is 3.25. The van der Waals surface area contributed by atoms with Gasteiger partial charge in [-0.25, -0.2) is 0 Å². The fourth-order valence-electron chi connectivity index (χ4n) is 5.82. The molecule has 0 bridgehead atoms. The second-order valence-electron chi connectivity index (χ2n) is 12.6. The topological polar surface area (TPSA) is 99.6 Å². The second-order valence-corrected chi connectivity index (χ2v) is 13.5. The zero-order valence-electron chi connectivity index (χ0n) is 30.4. The van der Waals surface area contributed by atoms with E-state index in [2.05, 4.69) is 49.1 Å². The van der Waals surface area contributed by atoms with Gasteiger partial charge in [-0.05, 0) is 35.3 Å². The summed E-state index contributed by atoms with van der Waals surface area (Å²) in [5.74, 6) is -0.995. The molecule has 3 aromatic heterocycles. The molecule has 0 aliphatic heterocycles. The van der Waals surface area contributed by atoms with Gasteiger partial charge in [0, 0.05) is 56.8 Å². The summed E-state index contributed by atoms with van der Waals surface area (Å²) in [6.45, 7) is 0. The van der Waals surface area contributed by atoms with Crippen LogP contribution in [0.25, 0.3) is 33.8 Å². The van der Waals surface area contributed by atoms with Gasteiger partial charge in [0.2, 0.25) is 0 Å². The first-order valence-electron chi connectivity index (χ1n) is 17.2. The Kier molecular flexibility index (Phi) is 12.4. The van der Waals surface area contributed by atoms with E-state index in [4.69, 9.17) is 0 Å². The Morgan fingerprint density at radius 3 is 1.18 bits per heavy atom. The molecular formula is C45H32BrIrN6O3. The summed E-state index contributed by atoms with van der Waals surface area (Å²) in [5.41, 5.74) is 6.86. The minimum atomic E-state index is -0.335. The average molecular weight is 977 g/mol. The molecule has 0 saturated heterocycles. The molecule has 0 aliphatic rings. The van der Waals surface area contributed by atoms with Crippen molar-refractivity contribution in [3.63, 3.8) is 0 Å². The van der Waals surface area contributed by atoms with Crippen molar-refractivity contribution >= 4 is 50.7 Å². The van der Waals surface area contributed by atoms with Crippen molar-refractivity contribution in [3.05, 3.63) is 179 Å². The normalized spacial score (nSPS) is 10.6. The van der Waals surface area contributed by atoms with E-state index in [1.807, 2.05) is 48.5 Å². The number of hydrogen-bond acceptors (Lipinski definition) is 6. The fourth-order valence-corrected chi connectivity index (χ4v) is 6.19. The quantitative estimate of drug-likeness (QED) is 0.134. The van der Waals surface area contributed by atoms with Gasteiger partial charge in [0.15, 0.2) is 0 Å². The minimum absolute atomic E-state index is 0. The van der Waals surface area contributed by atoms with Gasteiger partial charge in [-0.1, -0.05) is 56.8 Å². The van der Waals surface area contributed by atoms with Crippen LogP contribution < -0.4 is 14.7 Å². The van der Waals surface area contributed by atoms with Crippen LogP contribution >= 0.6 is 15.9 Å². The molecule has 3 heterocycles. The molecule has 0 spiro atoms. The number of rotatable bonds is 9. The van der Waals surface area contributed by atoms with Crippen LogP contribution in [0.5, 0.6) is 0 Å². The van der Waals surface area contributed by atoms with Crippen molar-refractivity contribution in [1.82, 2.24) is 15.0 Å². The van der Waals surface area contributed by atoms with Gasteiger partial charge in [-0.3, -0.25) is 14.4 Å². The summed E-state index contributed by atoms with van der Waals surface area (Å²) in [6.07, 6.45) is 4.57. The zero-order valence-corrected chi connectivity index (χ0v) is 34.4. The molecule has 0 unspecified atom stereocenters. The molecule has 3 amide bonds. The Hall–Kier alpha value is -6.13. The van der Waals surface area contributed by atoms with Crippen molar-refractivity contribution in [1.29, 1.82) is 0 Å². The third kappa shape index (κ3) is 8.71. The van der Waals surface area contributed by atoms with Gasteiger partial charge in [-0.2, -0.15) is 0 Å². The molecule has 0 fully saturated rings. The van der Waals surface area contributed by atoms with Crippen molar-refractivity contribution < 1.29 is 34.5 Å². The van der Waals surface area contributed by atoms with E-state index in [9.17, 15) is 14.4 Å². The van der Waals surface area contributed by atoms with Gasteiger partial charge < -0.3 is 29.7 Å². The Morgan fingerprint density at radius 1 is 0.482 bits per heavy atom. The van der Waals surface area contributed by atoms with Gasteiger partial charge >= 0.3 is 20.1 Å². The number of carbonyl (C=O) groups excluding carboxylic acids is 3. The maximum Gasteiger partial charge on any atom is 3.00 e. The molecular weight excluding hydrogens is 945 g/mol. The minimum Gasteiger partial charge on any atom is -0.311 e. The number of pyridine rings is 3. The van der Waals surface area contributed by atoms with Gasteiger partial charge in [-0.15, -0.1) is 102 Å². The molecule has 11 heteroatoms. The zero-order chi connectivity index (χ0) is 38.5.